The van der Waals surface area contributed by atoms with Crippen LogP contribution in [-0.2, 0) is 14.3 Å². The molecule has 2 rings (SSSR count). The van der Waals surface area contributed by atoms with Gasteiger partial charge in [-0.1, -0.05) is 6.92 Å². The number of carbonyl (C=O) groups is 1. The molecule has 0 saturated carbocycles. The summed E-state index contributed by atoms with van der Waals surface area (Å²) in [5.74, 6) is 0.709. The molecule has 2 saturated heterocycles. The maximum absolute atomic E-state index is 11.3. The Morgan fingerprint density at radius 2 is 1.90 bits per heavy atom. The molecule has 5 nitrogen and oxygen atoms in total. The predicted octanol–water partition coefficient (Wildman–Crippen LogP) is 0.982. The van der Waals surface area contributed by atoms with Gasteiger partial charge in [0.2, 0.25) is 0 Å². The van der Waals surface area contributed by atoms with E-state index in [1.807, 2.05) is 0 Å². The van der Waals surface area contributed by atoms with Gasteiger partial charge in [-0.25, -0.2) is 0 Å². The summed E-state index contributed by atoms with van der Waals surface area (Å²) < 4.78 is 10.3. The quantitative estimate of drug-likeness (QED) is 0.704. The zero-order valence-corrected chi connectivity index (χ0v) is 12.8. The molecule has 2 fully saturated rings. The number of carbonyl (C=O) groups excluding carboxylic acids is 1. The third kappa shape index (κ3) is 5.04. The highest BCUT2D eigenvalue weighted by atomic mass is 16.5. The smallest absolute Gasteiger partial charge is 0.308 e. The monoisotopic (exact) mass is 284 g/mol. The number of morpholine rings is 1. The molecule has 0 aromatic rings. The van der Waals surface area contributed by atoms with E-state index in [4.69, 9.17) is 9.47 Å². The maximum atomic E-state index is 11.3. The van der Waals surface area contributed by atoms with Crippen LogP contribution < -0.4 is 0 Å². The van der Waals surface area contributed by atoms with Crippen molar-refractivity contribution in [2.45, 2.75) is 32.3 Å². The molecule has 2 aliphatic heterocycles. The Morgan fingerprint density at radius 1 is 1.20 bits per heavy atom. The van der Waals surface area contributed by atoms with Crippen molar-refractivity contribution in [1.29, 1.82) is 0 Å². The first-order chi connectivity index (χ1) is 9.67. The van der Waals surface area contributed by atoms with E-state index in [0.717, 1.165) is 38.7 Å². The summed E-state index contributed by atoms with van der Waals surface area (Å²) in [5.41, 5.74) is 0. The van der Waals surface area contributed by atoms with E-state index in [1.165, 1.54) is 33.0 Å². The second-order valence-corrected chi connectivity index (χ2v) is 6.10. The first-order valence-corrected chi connectivity index (χ1v) is 7.80. The number of rotatable bonds is 5. The fourth-order valence-corrected chi connectivity index (χ4v) is 2.94. The minimum atomic E-state index is -0.179. The van der Waals surface area contributed by atoms with E-state index in [2.05, 4.69) is 16.7 Å². The molecule has 5 heteroatoms. The van der Waals surface area contributed by atoms with Gasteiger partial charge in [-0.05, 0) is 31.8 Å². The van der Waals surface area contributed by atoms with Crippen molar-refractivity contribution in [3.63, 3.8) is 0 Å². The number of nitrogens with zero attached hydrogens (tertiary/aromatic N) is 2. The molecule has 0 N–H and O–H groups in total. The largest absolute Gasteiger partial charge is 0.469 e. The normalized spacial score (nSPS) is 26.6. The molecular weight excluding hydrogens is 256 g/mol. The molecule has 0 radical (unpaired) electrons. The summed E-state index contributed by atoms with van der Waals surface area (Å²) in [7, 11) is 1.43. The summed E-state index contributed by atoms with van der Waals surface area (Å²) in [4.78, 5) is 16.3. The molecule has 0 aromatic heterocycles. The standard InChI is InChI=1S/C15H28N2O3/c1-13-3-5-16(6-4-13)7-8-17-9-10-20-14(12-17)11-15(18)19-2/h13-14H,3-12H2,1-2H3/t14-/m0/s1. The minimum Gasteiger partial charge on any atom is -0.469 e. The average molecular weight is 284 g/mol. The summed E-state index contributed by atoms with van der Waals surface area (Å²) in [6.45, 7) is 9.57. The van der Waals surface area contributed by atoms with Gasteiger partial charge in [0.05, 0.1) is 26.2 Å². The van der Waals surface area contributed by atoms with Crippen molar-refractivity contribution in [2.75, 3.05) is 53.0 Å². The van der Waals surface area contributed by atoms with E-state index in [-0.39, 0.29) is 12.1 Å². The van der Waals surface area contributed by atoms with E-state index < -0.39 is 0 Å². The Bertz CT molecular complexity index is 303. The first kappa shape index (κ1) is 15.7. The van der Waals surface area contributed by atoms with Crippen molar-refractivity contribution >= 4 is 5.97 Å². The summed E-state index contributed by atoms with van der Waals surface area (Å²) in [6, 6.07) is 0. The lowest BCUT2D eigenvalue weighted by atomic mass is 9.99. The van der Waals surface area contributed by atoms with Gasteiger partial charge in [0.1, 0.15) is 0 Å². The van der Waals surface area contributed by atoms with Crippen LogP contribution in [0.5, 0.6) is 0 Å². The third-order valence-electron chi connectivity index (χ3n) is 4.45. The number of esters is 1. The molecule has 0 unspecified atom stereocenters. The number of hydrogen-bond donors (Lipinski definition) is 0. The molecule has 20 heavy (non-hydrogen) atoms. The predicted molar refractivity (Wildman–Crippen MR) is 77.7 cm³/mol. The molecular formula is C15H28N2O3. The highest BCUT2D eigenvalue weighted by molar-refractivity contribution is 5.69. The fourth-order valence-electron chi connectivity index (χ4n) is 2.94. The average Bonchev–Trinajstić information content (AvgIpc) is 2.47. The van der Waals surface area contributed by atoms with Crippen molar-refractivity contribution < 1.29 is 14.3 Å². The Morgan fingerprint density at radius 3 is 2.60 bits per heavy atom. The SMILES string of the molecule is COC(=O)C[C@H]1CN(CCN2CCC(C)CC2)CCO1. The summed E-state index contributed by atoms with van der Waals surface area (Å²) in [6.07, 6.45) is 3.02. The Balaban J connectivity index is 1.66. The molecule has 0 aromatic carbocycles. The van der Waals surface area contributed by atoms with Crippen molar-refractivity contribution in [3.8, 4) is 0 Å². The van der Waals surface area contributed by atoms with Gasteiger partial charge in [-0.3, -0.25) is 9.69 Å². The van der Waals surface area contributed by atoms with Crippen LogP contribution in [0.3, 0.4) is 0 Å². The molecule has 0 amide bonds. The van der Waals surface area contributed by atoms with Gasteiger partial charge in [0, 0.05) is 26.2 Å². The van der Waals surface area contributed by atoms with Crippen molar-refractivity contribution in [2.24, 2.45) is 5.92 Å². The number of hydrogen-bond acceptors (Lipinski definition) is 5. The van der Waals surface area contributed by atoms with E-state index >= 15 is 0 Å². The zero-order chi connectivity index (χ0) is 14.4. The zero-order valence-electron chi connectivity index (χ0n) is 12.8. The lowest BCUT2D eigenvalue weighted by molar-refractivity contribution is -0.145. The van der Waals surface area contributed by atoms with Gasteiger partial charge in [0.25, 0.3) is 0 Å². The van der Waals surface area contributed by atoms with E-state index in [1.54, 1.807) is 0 Å². The molecule has 0 aliphatic carbocycles. The van der Waals surface area contributed by atoms with Crippen LogP contribution in [0.4, 0.5) is 0 Å². The van der Waals surface area contributed by atoms with Gasteiger partial charge < -0.3 is 14.4 Å². The van der Waals surface area contributed by atoms with Crippen LogP contribution in [0.15, 0.2) is 0 Å². The van der Waals surface area contributed by atoms with Crippen LogP contribution in [-0.4, -0.2) is 74.9 Å². The molecule has 0 bridgehead atoms. The lowest BCUT2D eigenvalue weighted by Gasteiger charge is -2.35. The number of ether oxygens (including phenoxy) is 2. The van der Waals surface area contributed by atoms with Crippen LogP contribution in [0.25, 0.3) is 0 Å². The molecule has 0 spiro atoms. The minimum absolute atomic E-state index is 0.00224. The van der Waals surface area contributed by atoms with E-state index in [0.29, 0.717) is 6.42 Å². The topological polar surface area (TPSA) is 42.0 Å². The van der Waals surface area contributed by atoms with Crippen LogP contribution in [0, 0.1) is 5.92 Å². The van der Waals surface area contributed by atoms with Crippen molar-refractivity contribution in [1.82, 2.24) is 9.80 Å². The number of piperidine rings is 1. The molecule has 116 valence electrons. The van der Waals surface area contributed by atoms with Gasteiger partial charge in [-0.2, -0.15) is 0 Å². The molecule has 1 atom stereocenters. The number of likely N-dealkylation sites (tertiary alicyclic amines) is 1. The number of methoxy groups -OCH3 is 1. The summed E-state index contributed by atoms with van der Waals surface area (Å²) >= 11 is 0. The van der Waals surface area contributed by atoms with E-state index in [9.17, 15) is 4.79 Å². The highest BCUT2D eigenvalue weighted by Gasteiger charge is 2.24. The van der Waals surface area contributed by atoms with Crippen molar-refractivity contribution in [3.05, 3.63) is 0 Å². The van der Waals surface area contributed by atoms with Gasteiger partial charge in [0.15, 0.2) is 0 Å². The Labute approximate surface area is 122 Å². The first-order valence-electron chi connectivity index (χ1n) is 7.80. The van der Waals surface area contributed by atoms with Crippen LogP contribution >= 0.6 is 0 Å². The third-order valence-corrected chi connectivity index (χ3v) is 4.45. The van der Waals surface area contributed by atoms with Crippen LogP contribution in [0.1, 0.15) is 26.2 Å². The molecule has 2 aliphatic rings. The van der Waals surface area contributed by atoms with Crippen LogP contribution in [0.2, 0.25) is 0 Å². The Hall–Kier alpha value is -0.650. The van der Waals surface area contributed by atoms with Gasteiger partial charge in [-0.15, -0.1) is 0 Å². The second-order valence-electron chi connectivity index (χ2n) is 6.10. The lowest BCUT2D eigenvalue weighted by Crippen LogP contribution is -2.47. The second kappa shape index (κ2) is 7.96. The highest BCUT2D eigenvalue weighted by Crippen LogP contribution is 2.16. The van der Waals surface area contributed by atoms with Gasteiger partial charge >= 0.3 is 5.97 Å². The maximum Gasteiger partial charge on any atom is 0.308 e. The fraction of sp³-hybridized carbons (Fsp3) is 0.933. The Kier molecular flexibility index (Phi) is 6.26. The molecule has 2 heterocycles. The summed E-state index contributed by atoms with van der Waals surface area (Å²) in [5, 5.41) is 0.